The highest BCUT2D eigenvalue weighted by atomic mass is 16.5. The molecule has 4 heteroatoms. The average Bonchev–Trinajstić information content (AvgIpc) is 2.59. The summed E-state index contributed by atoms with van der Waals surface area (Å²) < 4.78 is 11.2. The number of rotatable bonds is 8. The van der Waals surface area contributed by atoms with Crippen molar-refractivity contribution in [1.29, 1.82) is 0 Å². The highest BCUT2D eigenvalue weighted by Gasteiger charge is 2.18. The van der Waals surface area contributed by atoms with Gasteiger partial charge in [0.2, 0.25) is 0 Å². The molecule has 0 radical (unpaired) electrons. The largest absolute Gasteiger partial charge is 0.489 e. The summed E-state index contributed by atoms with van der Waals surface area (Å²) in [7, 11) is 0. The number of para-hydroxylation sites is 1. The topological polar surface area (TPSA) is 47.6 Å². The average molecular weight is 311 g/mol. The van der Waals surface area contributed by atoms with Crippen molar-refractivity contribution in [3.05, 3.63) is 67.3 Å². The summed E-state index contributed by atoms with van der Waals surface area (Å²) >= 11 is 0. The summed E-state index contributed by atoms with van der Waals surface area (Å²) in [6, 6.07) is 16.6. The Morgan fingerprint density at radius 2 is 1.91 bits per heavy atom. The molecular formula is C19H21NO3. The van der Waals surface area contributed by atoms with Crippen LogP contribution in [0.15, 0.2) is 67.3 Å². The van der Waals surface area contributed by atoms with Gasteiger partial charge in [0, 0.05) is 11.8 Å². The zero-order chi connectivity index (χ0) is 16.5. The first-order valence-corrected chi connectivity index (χ1v) is 7.59. The summed E-state index contributed by atoms with van der Waals surface area (Å²) in [4.78, 5) is 12.4. The van der Waals surface area contributed by atoms with Gasteiger partial charge in [-0.2, -0.15) is 0 Å². The number of anilines is 1. The van der Waals surface area contributed by atoms with E-state index in [1.165, 1.54) is 0 Å². The Balaban J connectivity index is 2.00. The van der Waals surface area contributed by atoms with Gasteiger partial charge in [-0.1, -0.05) is 43.8 Å². The predicted octanol–water partition coefficient (Wildman–Crippen LogP) is 4.05. The summed E-state index contributed by atoms with van der Waals surface area (Å²) in [5.74, 6) is 1.18. The summed E-state index contributed by atoms with van der Waals surface area (Å²) in [5.41, 5.74) is 0.673. The number of amides is 1. The third-order valence-corrected chi connectivity index (χ3v) is 3.15. The van der Waals surface area contributed by atoms with E-state index in [2.05, 4.69) is 11.9 Å². The highest BCUT2D eigenvalue weighted by molar-refractivity contribution is 5.94. The number of ether oxygens (including phenoxy) is 2. The molecule has 0 aliphatic heterocycles. The van der Waals surface area contributed by atoms with E-state index in [4.69, 9.17) is 9.47 Å². The molecule has 2 aromatic carbocycles. The third kappa shape index (κ3) is 5.18. The third-order valence-electron chi connectivity index (χ3n) is 3.15. The van der Waals surface area contributed by atoms with Gasteiger partial charge in [0.15, 0.2) is 6.10 Å². The van der Waals surface area contributed by atoms with Crippen LogP contribution in [0.25, 0.3) is 0 Å². The lowest BCUT2D eigenvalue weighted by atomic mass is 10.2. The van der Waals surface area contributed by atoms with E-state index in [9.17, 15) is 4.79 Å². The second kappa shape index (κ2) is 8.63. The molecule has 2 rings (SSSR count). The summed E-state index contributed by atoms with van der Waals surface area (Å²) in [6.07, 6.45) is 1.70. The maximum Gasteiger partial charge on any atom is 0.265 e. The van der Waals surface area contributed by atoms with Crippen molar-refractivity contribution in [2.45, 2.75) is 19.4 Å². The lowest BCUT2D eigenvalue weighted by Gasteiger charge is -2.17. The van der Waals surface area contributed by atoms with E-state index in [1.807, 2.05) is 55.5 Å². The van der Waals surface area contributed by atoms with Gasteiger partial charge in [-0.25, -0.2) is 0 Å². The van der Waals surface area contributed by atoms with Crippen molar-refractivity contribution in [1.82, 2.24) is 0 Å². The van der Waals surface area contributed by atoms with E-state index in [0.717, 1.165) is 0 Å². The van der Waals surface area contributed by atoms with Crippen molar-refractivity contribution in [3.8, 4) is 11.5 Å². The van der Waals surface area contributed by atoms with Gasteiger partial charge in [-0.05, 0) is 30.7 Å². The Hall–Kier alpha value is -2.75. The Bertz CT molecular complexity index is 640. The van der Waals surface area contributed by atoms with Crippen LogP contribution in [-0.2, 0) is 4.79 Å². The molecule has 0 aliphatic rings. The molecule has 0 spiro atoms. The van der Waals surface area contributed by atoms with E-state index < -0.39 is 6.10 Å². The molecule has 23 heavy (non-hydrogen) atoms. The molecule has 0 heterocycles. The van der Waals surface area contributed by atoms with Crippen LogP contribution in [0, 0.1) is 0 Å². The molecule has 0 aliphatic carbocycles. The first-order chi connectivity index (χ1) is 11.2. The van der Waals surface area contributed by atoms with E-state index in [1.54, 1.807) is 12.1 Å². The normalized spacial score (nSPS) is 11.3. The number of hydrogen-bond donors (Lipinski definition) is 1. The monoisotopic (exact) mass is 311 g/mol. The maximum absolute atomic E-state index is 12.4. The quantitative estimate of drug-likeness (QED) is 0.748. The molecule has 1 N–H and O–H groups in total. The minimum absolute atomic E-state index is 0.183. The van der Waals surface area contributed by atoms with E-state index in [-0.39, 0.29) is 5.91 Å². The van der Waals surface area contributed by atoms with Crippen LogP contribution in [-0.4, -0.2) is 18.6 Å². The van der Waals surface area contributed by atoms with Gasteiger partial charge in [0.1, 0.15) is 18.1 Å². The van der Waals surface area contributed by atoms with Crippen LogP contribution in [0.5, 0.6) is 11.5 Å². The number of hydrogen-bond acceptors (Lipinski definition) is 3. The molecule has 0 aromatic heterocycles. The molecule has 0 saturated heterocycles. The molecular weight excluding hydrogens is 290 g/mol. The van der Waals surface area contributed by atoms with Gasteiger partial charge in [-0.3, -0.25) is 4.79 Å². The van der Waals surface area contributed by atoms with Gasteiger partial charge >= 0.3 is 0 Å². The molecule has 1 amide bonds. The number of carbonyl (C=O) groups is 1. The summed E-state index contributed by atoms with van der Waals surface area (Å²) in [6.45, 7) is 5.95. The zero-order valence-electron chi connectivity index (χ0n) is 13.2. The van der Waals surface area contributed by atoms with Gasteiger partial charge in [0.05, 0.1) is 0 Å². The first kappa shape index (κ1) is 16.6. The van der Waals surface area contributed by atoms with Gasteiger partial charge in [-0.15, -0.1) is 0 Å². The van der Waals surface area contributed by atoms with Gasteiger partial charge in [0.25, 0.3) is 5.91 Å². The smallest absolute Gasteiger partial charge is 0.265 e. The van der Waals surface area contributed by atoms with Crippen LogP contribution in [0.1, 0.15) is 13.3 Å². The molecule has 1 atom stereocenters. The van der Waals surface area contributed by atoms with Crippen molar-refractivity contribution in [3.63, 3.8) is 0 Å². The summed E-state index contributed by atoms with van der Waals surface area (Å²) in [5, 5.41) is 2.86. The first-order valence-electron chi connectivity index (χ1n) is 7.59. The molecule has 0 saturated carbocycles. The maximum atomic E-state index is 12.4. The van der Waals surface area contributed by atoms with E-state index >= 15 is 0 Å². The fourth-order valence-electron chi connectivity index (χ4n) is 2.03. The van der Waals surface area contributed by atoms with Crippen LogP contribution in [0.4, 0.5) is 5.69 Å². The minimum Gasteiger partial charge on any atom is -0.489 e. The molecule has 0 bridgehead atoms. The predicted molar refractivity (Wildman–Crippen MR) is 91.9 cm³/mol. The van der Waals surface area contributed by atoms with Crippen LogP contribution in [0.2, 0.25) is 0 Å². The minimum atomic E-state index is -0.546. The van der Waals surface area contributed by atoms with Gasteiger partial charge < -0.3 is 14.8 Å². The van der Waals surface area contributed by atoms with Crippen molar-refractivity contribution in [2.24, 2.45) is 0 Å². The standard InChI is InChI=1S/C19H21NO3/c1-3-13-22-17-12-8-9-15(14-17)20-19(21)18(4-2)23-16-10-6-5-7-11-16/h3,5-12,14,18H,1,4,13H2,2H3,(H,20,21)/t18-/m0/s1. The number of nitrogens with one attached hydrogen (secondary N) is 1. The van der Waals surface area contributed by atoms with E-state index in [0.29, 0.717) is 30.2 Å². The fourth-order valence-corrected chi connectivity index (χ4v) is 2.03. The fraction of sp³-hybridized carbons (Fsp3) is 0.211. The molecule has 4 nitrogen and oxygen atoms in total. The van der Waals surface area contributed by atoms with Crippen LogP contribution in [0.3, 0.4) is 0 Å². The number of carbonyl (C=O) groups excluding carboxylic acids is 1. The van der Waals surface area contributed by atoms with Crippen molar-refractivity contribution < 1.29 is 14.3 Å². The molecule has 0 fully saturated rings. The number of benzene rings is 2. The second-order valence-corrected chi connectivity index (χ2v) is 4.94. The highest BCUT2D eigenvalue weighted by Crippen LogP contribution is 2.19. The van der Waals surface area contributed by atoms with Crippen LogP contribution < -0.4 is 14.8 Å². The molecule has 0 unspecified atom stereocenters. The lowest BCUT2D eigenvalue weighted by molar-refractivity contribution is -0.122. The Morgan fingerprint density at radius 3 is 2.61 bits per heavy atom. The van der Waals surface area contributed by atoms with Crippen LogP contribution >= 0.6 is 0 Å². The Labute approximate surface area is 136 Å². The SMILES string of the molecule is C=CCOc1cccc(NC(=O)[C@H](CC)Oc2ccccc2)c1. The lowest BCUT2D eigenvalue weighted by Crippen LogP contribution is -2.32. The van der Waals surface area contributed by atoms with Crippen molar-refractivity contribution >= 4 is 11.6 Å². The Morgan fingerprint density at radius 1 is 1.17 bits per heavy atom. The zero-order valence-corrected chi connectivity index (χ0v) is 13.2. The molecule has 120 valence electrons. The molecule has 2 aromatic rings. The Kier molecular flexibility index (Phi) is 6.24. The second-order valence-electron chi connectivity index (χ2n) is 4.94. The van der Waals surface area contributed by atoms with Crippen molar-refractivity contribution in [2.75, 3.05) is 11.9 Å².